The third kappa shape index (κ3) is 3.72. The molecule has 2 aliphatic heterocycles. The van der Waals surface area contributed by atoms with Crippen LogP contribution >= 0.6 is 11.3 Å². The molecule has 0 radical (unpaired) electrons. The van der Waals surface area contributed by atoms with Crippen molar-refractivity contribution in [2.75, 3.05) is 44.9 Å². The van der Waals surface area contributed by atoms with E-state index in [9.17, 15) is 4.39 Å². The van der Waals surface area contributed by atoms with Crippen LogP contribution in [0.25, 0.3) is 11.3 Å². The lowest BCUT2D eigenvalue weighted by Crippen LogP contribution is -2.35. The molecule has 1 N–H and O–H groups in total. The summed E-state index contributed by atoms with van der Waals surface area (Å²) < 4.78 is 24.2. The van der Waals surface area contributed by atoms with Crippen LogP contribution in [0.15, 0.2) is 29.6 Å². The molecule has 3 heterocycles. The fourth-order valence-corrected chi connectivity index (χ4v) is 4.48. The van der Waals surface area contributed by atoms with Crippen molar-refractivity contribution in [1.29, 1.82) is 0 Å². The second kappa shape index (κ2) is 8.11. The maximum atomic E-state index is 13.0. The Hall–Kier alpha value is -2.03. The molecule has 0 saturated carbocycles. The number of anilines is 1. The second-order valence-corrected chi connectivity index (χ2v) is 7.35. The van der Waals surface area contributed by atoms with E-state index in [0.717, 1.165) is 49.3 Å². The van der Waals surface area contributed by atoms with Gasteiger partial charge in [0.05, 0.1) is 25.5 Å². The first-order chi connectivity index (χ1) is 12.6. The monoisotopic (exact) mass is 380 g/mol. The van der Waals surface area contributed by atoms with Gasteiger partial charge in [0, 0.05) is 42.5 Å². The molecule has 0 aliphatic carbocycles. The molecule has 0 unspecified atom stereocenters. The lowest BCUT2D eigenvalue weighted by atomic mass is 9.82. The van der Waals surface area contributed by atoms with Crippen molar-refractivity contribution in [3.05, 3.63) is 35.5 Å². The Bertz CT molecular complexity index is 739. The maximum Gasteiger partial charge on any atom is 0.290 e. The lowest BCUT2D eigenvalue weighted by Gasteiger charge is -2.25. The molecule has 2 aliphatic rings. The van der Waals surface area contributed by atoms with Crippen LogP contribution in [0, 0.1) is 17.2 Å². The van der Waals surface area contributed by atoms with E-state index >= 15 is 0 Å². The number of halogens is 1. The Morgan fingerprint density at radius 2 is 2.23 bits per heavy atom. The minimum Gasteiger partial charge on any atom is -0.483 e. The van der Waals surface area contributed by atoms with E-state index in [0.29, 0.717) is 5.92 Å². The molecule has 8 heteroatoms. The minimum absolute atomic E-state index is 0.0937. The molecule has 2 fully saturated rings. The van der Waals surface area contributed by atoms with Crippen molar-refractivity contribution >= 4 is 22.9 Å². The maximum absolute atomic E-state index is 13.0. The zero-order valence-corrected chi connectivity index (χ0v) is 15.2. The van der Waals surface area contributed by atoms with E-state index in [-0.39, 0.29) is 17.7 Å². The second-order valence-electron chi connectivity index (χ2n) is 6.52. The first kappa shape index (κ1) is 18.8. The fourth-order valence-electron chi connectivity index (χ4n) is 3.63. The van der Waals surface area contributed by atoms with Gasteiger partial charge < -0.3 is 19.5 Å². The van der Waals surface area contributed by atoms with Gasteiger partial charge in [0.1, 0.15) is 5.82 Å². The van der Waals surface area contributed by atoms with Gasteiger partial charge >= 0.3 is 0 Å². The number of aromatic nitrogens is 1. The van der Waals surface area contributed by atoms with Crippen molar-refractivity contribution in [1.82, 2.24) is 4.98 Å². The van der Waals surface area contributed by atoms with E-state index < -0.39 is 0 Å². The fraction of sp³-hybridized carbons (Fsp3) is 0.444. The van der Waals surface area contributed by atoms with Gasteiger partial charge in [0.25, 0.3) is 6.47 Å². The number of ether oxygens (including phenoxy) is 2. The van der Waals surface area contributed by atoms with Crippen LogP contribution in [0.2, 0.25) is 0 Å². The molecule has 2 aromatic rings. The molecule has 2 atom stereocenters. The van der Waals surface area contributed by atoms with E-state index in [1.165, 1.54) is 12.1 Å². The highest BCUT2D eigenvalue weighted by molar-refractivity contribution is 7.14. The van der Waals surface area contributed by atoms with Crippen molar-refractivity contribution in [3.63, 3.8) is 0 Å². The van der Waals surface area contributed by atoms with E-state index in [1.807, 2.05) is 5.38 Å². The molecule has 26 heavy (non-hydrogen) atoms. The Balaban J connectivity index is 0.000000613. The predicted octanol–water partition coefficient (Wildman–Crippen LogP) is 2.75. The Kier molecular flexibility index (Phi) is 5.85. The molecule has 0 spiro atoms. The molecule has 140 valence electrons. The van der Waals surface area contributed by atoms with Crippen LogP contribution in [0.5, 0.6) is 0 Å². The number of fused-ring (bicyclic) bond motifs is 1. The van der Waals surface area contributed by atoms with Crippen molar-refractivity contribution in [2.24, 2.45) is 11.3 Å². The van der Waals surface area contributed by atoms with Crippen molar-refractivity contribution in [2.45, 2.75) is 0 Å². The van der Waals surface area contributed by atoms with Crippen LogP contribution in [0.4, 0.5) is 9.52 Å². The van der Waals surface area contributed by atoms with Gasteiger partial charge in [-0.1, -0.05) is 0 Å². The molecule has 1 aromatic carbocycles. The molecule has 2 saturated heterocycles. The van der Waals surface area contributed by atoms with E-state index in [1.54, 1.807) is 30.6 Å². The third-order valence-electron chi connectivity index (χ3n) is 4.86. The molecule has 0 amide bonds. The van der Waals surface area contributed by atoms with Gasteiger partial charge in [-0.15, -0.1) is 11.3 Å². The lowest BCUT2D eigenvalue weighted by molar-refractivity contribution is -0.122. The van der Waals surface area contributed by atoms with Gasteiger partial charge in [-0.2, -0.15) is 0 Å². The van der Waals surface area contributed by atoms with Gasteiger partial charge in [-0.25, -0.2) is 9.37 Å². The number of hydrogen-bond acceptors (Lipinski definition) is 6. The quantitative estimate of drug-likeness (QED) is 0.823. The van der Waals surface area contributed by atoms with Crippen LogP contribution < -0.4 is 4.90 Å². The zero-order valence-electron chi connectivity index (χ0n) is 14.4. The first-order valence-electron chi connectivity index (χ1n) is 8.23. The first-order valence-corrected chi connectivity index (χ1v) is 9.11. The van der Waals surface area contributed by atoms with Crippen LogP contribution in [0.1, 0.15) is 0 Å². The van der Waals surface area contributed by atoms with Crippen LogP contribution in [-0.2, 0) is 14.3 Å². The summed E-state index contributed by atoms with van der Waals surface area (Å²) in [4.78, 5) is 15.4. The Morgan fingerprint density at radius 3 is 2.92 bits per heavy atom. The summed E-state index contributed by atoms with van der Waals surface area (Å²) in [6, 6.07) is 6.49. The number of benzene rings is 1. The van der Waals surface area contributed by atoms with Crippen LogP contribution in [-0.4, -0.2) is 56.6 Å². The largest absolute Gasteiger partial charge is 0.483 e. The summed E-state index contributed by atoms with van der Waals surface area (Å²) >= 11 is 1.64. The zero-order chi connectivity index (χ0) is 18.6. The number of nitrogens with zero attached hydrogens (tertiary/aromatic N) is 2. The number of thiazole rings is 1. The standard InChI is InChI=1S/C17H19FN2O2S.CH2O2/c1-21-10-17-9-20(6-13(17)7-22-11-17)16-19-15(8-23-16)12-2-4-14(18)5-3-12;2-1-3/h2-5,8,13H,6-7,9-11H2,1H3;1H,(H,2,3)/t13-,17-;/m0./s1. The number of hydrogen-bond donors (Lipinski definition) is 1. The highest BCUT2D eigenvalue weighted by atomic mass is 32.1. The summed E-state index contributed by atoms with van der Waals surface area (Å²) in [5, 5.41) is 9.95. The highest BCUT2D eigenvalue weighted by Gasteiger charge is 2.51. The number of methoxy groups -OCH3 is 1. The Labute approximate surface area is 155 Å². The molecule has 0 bridgehead atoms. The number of rotatable bonds is 4. The molecule has 1 aromatic heterocycles. The molecule has 4 rings (SSSR count). The van der Waals surface area contributed by atoms with Gasteiger partial charge in [0.2, 0.25) is 0 Å². The normalized spacial score (nSPS) is 24.1. The highest BCUT2D eigenvalue weighted by Crippen LogP contribution is 2.44. The van der Waals surface area contributed by atoms with Gasteiger partial charge in [-0.3, -0.25) is 4.79 Å². The summed E-state index contributed by atoms with van der Waals surface area (Å²) in [5.74, 6) is 0.277. The van der Waals surface area contributed by atoms with Crippen molar-refractivity contribution in [3.8, 4) is 11.3 Å². The molecule has 6 nitrogen and oxygen atoms in total. The minimum atomic E-state index is -0.250. The number of carboxylic acid groups (broad SMARTS) is 1. The van der Waals surface area contributed by atoms with E-state index in [4.69, 9.17) is 24.4 Å². The summed E-state index contributed by atoms with van der Waals surface area (Å²) in [6.45, 7) is 3.92. The number of carbonyl (C=O) groups is 1. The molecular weight excluding hydrogens is 359 g/mol. The Morgan fingerprint density at radius 1 is 1.50 bits per heavy atom. The van der Waals surface area contributed by atoms with Crippen LogP contribution in [0.3, 0.4) is 0 Å². The van der Waals surface area contributed by atoms with E-state index in [2.05, 4.69) is 4.90 Å². The smallest absolute Gasteiger partial charge is 0.290 e. The average molecular weight is 380 g/mol. The molecular formula is C18H21FN2O4S. The third-order valence-corrected chi connectivity index (χ3v) is 5.76. The van der Waals surface area contributed by atoms with Gasteiger partial charge in [-0.05, 0) is 24.3 Å². The summed E-state index contributed by atoms with van der Waals surface area (Å²) in [6.07, 6.45) is 0. The van der Waals surface area contributed by atoms with Crippen molar-refractivity contribution < 1.29 is 23.8 Å². The predicted molar refractivity (Wildman–Crippen MR) is 97.0 cm³/mol. The topological polar surface area (TPSA) is 71.9 Å². The summed E-state index contributed by atoms with van der Waals surface area (Å²) in [7, 11) is 1.75. The summed E-state index contributed by atoms with van der Waals surface area (Å²) in [5.41, 5.74) is 1.94. The average Bonchev–Trinajstić information content (AvgIpc) is 3.30. The van der Waals surface area contributed by atoms with Gasteiger partial charge in [0.15, 0.2) is 5.13 Å². The SMILES string of the molecule is COC[C@@]12COC[C@@H]1CN(c1nc(-c3ccc(F)cc3)cs1)C2.O=CO.